The van der Waals surface area contributed by atoms with Crippen LogP contribution in [0.15, 0.2) is 0 Å². The van der Waals surface area contributed by atoms with E-state index in [9.17, 15) is 0 Å². The molecular formula is C12H22N4S. The fraction of sp³-hybridized carbons (Fsp3) is 0.750. The average Bonchev–Trinajstić information content (AvgIpc) is 2.64. The number of anilines is 2. The van der Waals surface area contributed by atoms with E-state index in [4.69, 9.17) is 5.73 Å². The Bertz CT molecular complexity index is 388. The van der Waals surface area contributed by atoms with Crippen molar-refractivity contribution in [1.29, 1.82) is 0 Å². The first-order valence-corrected chi connectivity index (χ1v) is 7.40. The molecule has 1 aliphatic rings. The van der Waals surface area contributed by atoms with Gasteiger partial charge < -0.3 is 10.6 Å². The normalized spacial score (nSPS) is 20.9. The van der Waals surface area contributed by atoms with Gasteiger partial charge in [0.05, 0.1) is 11.4 Å². The molecule has 0 spiro atoms. The molecule has 2 rings (SSSR count). The van der Waals surface area contributed by atoms with Gasteiger partial charge in [-0.2, -0.15) is 16.9 Å². The number of nitrogens with zero attached hydrogens (tertiary/aromatic N) is 3. The summed E-state index contributed by atoms with van der Waals surface area (Å²) in [6.07, 6.45) is 2.12. The summed E-state index contributed by atoms with van der Waals surface area (Å²) < 4.78 is 1.94. The van der Waals surface area contributed by atoms with Gasteiger partial charge in [0.2, 0.25) is 0 Å². The lowest BCUT2D eigenvalue weighted by Crippen LogP contribution is -2.39. The first-order chi connectivity index (χ1) is 8.17. The monoisotopic (exact) mass is 254 g/mol. The van der Waals surface area contributed by atoms with Crippen molar-refractivity contribution in [3.63, 3.8) is 0 Å². The van der Waals surface area contributed by atoms with Crippen LogP contribution in [0.3, 0.4) is 0 Å². The third-order valence-corrected chi connectivity index (χ3v) is 4.73. The molecule has 0 aliphatic carbocycles. The van der Waals surface area contributed by atoms with Crippen molar-refractivity contribution < 1.29 is 0 Å². The molecule has 2 heterocycles. The summed E-state index contributed by atoms with van der Waals surface area (Å²) in [5.41, 5.74) is 8.09. The highest BCUT2D eigenvalue weighted by Crippen LogP contribution is 2.31. The van der Waals surface area contributed by atoms with E-state index in [1.807, 2.05) is 11.7 Å². The van der Waals surface area contributed by atoms with Crippen LogP contribution < -0.4 is 10.6 Å². The molecule has 1 fully saturated rings. The zero-order chi connectivity index (χ0) is 12.4. The van der Waals surface area contributed by atoms with Gasteiger partial charge in [0.25, 0.3) is 0 Å². The van der Waals surface area contributed by atoms with E-state index < -0.39 is 0 Å². The van der Waals surface area contributed by atoms with Crippen molar-refractivity contribution in [2.75, 3.05) is 29.5 Å². The molecule has 96 valence electrons. The number of nitrogens with two attached hydrogens (primary N) is 1. The van der Waals surface area contributed by atoms with Crippen molar-refractivity contribution in [3.05, 3.63) is 5.69 Å². The Morgan fingerprint density at radius 1 is 1.47 bits per heavy atom. The zero-order valence-electron chi connectivity index (χ0n) is 10.9. The lowest BCUT2D eigenvalue weighted by atomic mass is 10.2. The molecule has 1 saturated heterocycles. The van der Waals surface area contributed by atoms with Gasteiger partial charge in [-0.3, -0.25) is 4.68 Å². The molecule has 1 aromatic rings. The second kappa shape index (κ2) is 5.21. The average molecular weight is 254 g/mol. The number of nitrogen functional groups attached to an aromatic ring is 1. The number of hydrogen-bond acceptors (Lipinski definition) is 4. The summed E-state index contributed by atoms with van der Waals surface area (Å²) in [6, 6.07) is 0. The number of rotatable bonds is 3. The van der Waals surface area contributed by atoms with Crippen LogP contribution in [0.5, 0.6) is 0 Å². The summed E-state index contributed by atoms with van der Waals surface area (Å²) in [6.45, 7) is 6.52. The molecular weight excluding hydrogens is 232 g/mol. The van der Waals surface area contributed by atoms with Crippen LogP contribution in [-0.4, -0.2) is 33.9 Å². The summed E-state index contributed by atoms with van der Waals surface area (Å²) >= 11 is 2.07. The van der Waals surface area contributed by atoms with Crippen LogP contribution in [0.1, 0.15) is 26.0 Å². The minimum Gasteiger partial charge on any atom is -0.394 e. The van der Waals surface area contributed by atoms with Gasteiger partial charge >= 0.3 is 0 Å². The van der Waals surface area contributed by atoms with Gasteiger partial charge in [-0.1, -0.05) is 13.8 Å². The zero-order valence-corrected chi connectivity index (χ0v) is 11.8. The lowest BCUT2D eigenvalue weighted by molar-refractivity contribution is 0.673. The highest BCUT2D eigenvalue weighted by atomic mass is 32.2. The van der Waals surface area contributed by atoms with Gasteiger partial charge in [0, 0.05) is 31.1 Å². The van der Waals surface area contributed by atoms with Crippen LogP contribution in [0, 0.1) is 0 Å². The van der Waals surface area contributed by atoms with Crippen molar-refractivity contribution in [2.45, 2.75) is 31.9 Å². The Morgan fingerprint density at radius 3 is 2.82 bits per heavy atom. The number of hydrogen-bond donors (Lipinski definition) is 1. The maximum atomic E-state index is 6.20. The fourth-order valence-electron chi connectivity index (χ4n) is 2.38. The Morgan fingerprint density at radius 2 is 2.24 bits per heavy atom. The van der Waals surface area contributed by atoms with E-state index in [2.05, 4.69) is 35.6 Å². The number of aromatic nitrogens is 2. The molecule has 1 unspecified atom stereocenters. The van der Waals surface area contributed by atoms with Crippen LogP contribution in [0.4, 0.5) is 11.5 Å². The predicted octanol–water partition coefficient (Wildman–Crippen LogP) is 1.90. The fourth-order valence-corrected chi connectivity index (χ4v) is 3.56. The van der Waals surface area contributed by atoms with Gasteiger partial charge in [-0.25, -0.2) is 0 Å². The molecule has 1 aliphatic heterocycles. The summed E-state index contributed by atoms with van der Waals surface area (Å²) in [5.74, 6) is 2.30. The third kappa shape index (κ3) is 2.39. The Labute approximate surface area is 108 Å². The smallest absolute Gasteiger partial charge is 0.150 e. The van der Waals surface area contributed by atoms with Crippen molar-refractivity contribution in [1.82, 2.24) is 9.78 Å². The number of aryl methyl sites for hydroxylation is 2. The Hall–Kier alpha value is -0.840. The van der Waals surface area contributed by atoms with E-state index in [-0.39, 0.29) is 0 Å². The van der Waals surface area contributed by atoms with Crippen LogP contribution in [0.2, 0.25) is 0 Å². The maximum Gasteiger partial charge on any atom is 0.150 e. The predicted molar refractivity (Wildman–Crippen MR) is 75.7 cm³/mol. The van der Waals surface area contributed by atoms with E-state index >= 15 is 0 Å². The maximum absolute atomic E-state index is 6.20. The van der Waals surface area contributed by atoms with Gasteiger partial charge in [-0.15, -0.1) is 0 Å². The molecule has 17 heavy (non-hydrogen) atoms. The summed E-state index contributed by atoms with van der Waals surface area (Å²) in [5, 5.41) is 5.22. The van der Waals surface area contributed by atoms with Crippen LogP contribution >= 0.6 is 11.8 Å². The minimum absolute atomic E-state index is 0.725. The first-order valence-electron chi connectivity index (χ1n) is 6.35. The van der Waals surface area contributed by atoms with E-state index in [1.54, 1.807) is 0 Å². The van der Waals surface area contributed by atoms with Gasteiger partial charge in [0.1, 0.15) is 5.82 Å². The lowest BCUT2D eigenvalue weighted by Gasteiger charge is -2.33. The molecule has 0 bridgehead atoms. The third-order valence-electron chi connectivity index (χ3n) is 3.36. The second-order valence-electron chi connectivity index (χ2n) is 4.51. The van der Waals surface area contributed by atoms with Gasteiger partial charge in [0.15, 0.2) is 0 Å². The van der Waals surface area contributed by atoms with E-state index in [0.717, 1.165) is 42.0 Å². The standard InChI is InChI=1S/C12H22N4S/c1-4-9-8-16(6-7-17-9)12-11(13)10(5-2)14-15(12)3/h9H,4-8,13H2,1-3H3. The van der Waals surface area contributed by atoms with Crippen LogP contribution in [-0.2, 0) is 13.5 Å². The van der Waals surface area contributed by atoms with Crippen molar-refractivity contribution in [3.8, 4) is 0 Å². The van der Waals surface area contributed by atoms with E-state index in [1.165, 1.54) is 12.2 Å². The molecule has 0 radical (unpaired) electrons. The SMILES string of the molecule is CCc1nn(C)c(N2CCSC(CC)C2)c1N. The Balaban J connectivity index is 2.24. The molecule has 1 aromatic heterocycles. The molecule has 0 amide bonds. The minimum atomic E-state index is 0.725. The quantitative estimate of drug-likeness (QED) is 0.895. The summed E-state index contributed by atoms with van der Waals surface area (Å²) in [4.78, 5) is 2.40. The van der Waals surface area contributed by atoms with Gasteiger partial charge in [-0.05, 0) is 12.8 Å². The highest BCUT2D eigenvalue weighted by molar-refractivity contribution is 8.00. The molecule has 0 saturated carbocycles. The molecule has 2 N–H and O–H groups in total. The molecule has 1 atom stereocenters. The number of thioether (sulfide) groups is 1. The topological polar surface area (TPSA) is 47.1 Å². The molecule has 0 aromatic carbocycles. The largest absolute Gasteiger partial charge is 0.394 e. The molecule has 5 heteroatoms. The van der Waals surface area contributed by atoms with Crippen molar-refractivity contribution in [2.24, 2.45) is 7.05 Å². The Kier molecular flexibility index (Phi) is 3.86. The second-order valence-corrected chi connectivity index (χ2v) is 5.92. The first kappa shape index (κ1) is 12.6. The van der Waals surface area contributed by atoms with Crippen LogP contribution in [0.25, 0.3) is 0 Å². The highest BCUT2D eigenvalue weighted by Gasteiger charge is 2.24. The van der Waals surface area contributed by atoms with Crippen molar-refractivity contribution >= 4 is 23.3 Å². The molecule has 4 nitrogen and oxygen atoms in total. The summed E-state index contributed by atoms with van der Waals surface area (Å²) in [7, 11) is 1.99. The van der Waals surface area contributed by atoms with E-state index in [0.29, 0.717) is 0 Å².